The zero-order valence-electron chi connectivity index (χ0n) is 7.33. The number of aromatic nitrogens is 2. The molecule has 0 aliphatic heterocycles. The van der Waals surface area contributed by atoms with Crippen LogP contribution < -0.4 is 0 Å². The van der Waals surface area contributed by atoms with Gasteiger partial charge in [-0.1, -0.05) is 11.8 Å². The molecular weight excluding hydrogens is 152 g/mol. The van der Waals surface area contributed by atoms with E-state index in [4.69, 9.17) is 5.11 Å². The number of hydrogen-bond donors (Lipinski definition) is 1. The van der Waals surface area contributed by atoms with Crippen molar-refractivity contribution in [1.82, 2.24) is 9.78 Å². The van der Waals surface area contributed by atoms with Crippen LogP contribution in [0.1, 0.15) is 18.2 Å². The maximum atomic E-state index is 8.48. The maximum absolute atomic E-state index is 8.48. The summed E-state index contributed by atoms with van der Waals surface area (Å²) in [6, 6.07) is 0. The minimum atomic E-state index is -0.100. The van der Waals surface area contributed by atoms with Crippen molar-refractivity contribution in [3.8, 4) is 11.8 Å². The fourth-order valence-corrected chi connectivity index (χ4v) is 0.937. The van der Waals surface area contributed by atoms with E-state index >= 15 is 0 Å². The quantitative estimate of drug-likeness (QED) is 0.616. The molecule has 12 heavy (non-hydrogen) atoms. The van der Waals surface area contributed by atoms with Crippen molar-refractivity contribution >= 4 is 0 Å². The Hall–Kier alpha value is -1.27. The van der Waals surface area contributed by atoms with Gasteiger partial charge in [0.2, 0.25) is 0 Å². The summed E-state index contributed by atoms with van der Waals surface area (Å²) in [5, 5.41) is 12.7. The van der Waals surface area contributed by atoms with Crippen LogP contribution in [0.25, 0.3) is 0 Å². The van der Waals surface area contributed by atoms with E-state index in [0.29, 0.717) is 0 Å². The first-order valence-corrected chi connectivity index (χ1v) is 3.91. The normalized spacial score (nSPS) is 9.25. The lowest BCUT2D eigenvalue weighted by Gasteiger charge is -1.88. The number of aryl methyl sites for hydroxylation is 2. The predicted octanol–water partition coefficient (Wildman–Crippen LogP) is 0.555. The van der Waals surface area contributed by atoms with Crippen LogP contribution in [-0.4, -0.2) is 21.5 Å². The third-order valence-corrected chi connectivity index (χ3v) is 1.57. The third-order valence-electron chi connectivity index (χ3n) is 1.57. The average molecular weight is 164 g/mol. The Morgan fingerprint density at radius 3 is 2.92 bits per heavy atom. The van der Waals surface area contributed by atoms with Gasteiger partial charge in [-0.05, 0) is 13.8 Å². The van der Waals surface area contributed by atoms with Gasteiger partial charge in [-0.3, -0.25) is 4.68 Å². The molecule has 3 heteroatoms. The second-order valence-electron chi connectivity index (χ2n) is 2.44. The van der Waals surface area contributed by atoms with Gasteiger partial charge in [0.25, 0.3) is 0 Å². The number of aliphatic hydroxyl groups excluding tert-OH is 1. The molecule has 0 fully saturated rings. The minimum absolute atomic E-state index is 0.100. The Kier molecular flexibility index (Phi) is 2.89. The van der Waals surface area contributed by atoms with Gasteiger partial charge in [-0.2, -0.15) is 5.10 Å². The first kappa shape index (κ1) is 8.82. The largest absolute Gasteiger partial charge is 0.384 e. The highest BCUT2D eigenvalue weighted by atomic mass is 16.2. The molecule has 0 aliphatic rings. The molecule has 1 N–H and O–H groups in total. The molecule has 0 saturated carbocycles. The molecule has 0 spiro atoms. The van der Waals surface area contributed by atoms with Gasteiger partial charge in [0.05, 0.1) is 11.3 Å². The Morgan fingerprint density at radius 1 is 1.67 bits per heavy atom. The smallest absolute Gasteiger partial charge is 0.104 e. The number of aliphatic hydroxyl groups is 1. The zero-order valence-corrected chi connectivity index (χ0v) is 7.33. The summed E-state index contributed by atoms with van der Waals surface area (Å²) >= 11 is 0. The van der Waals surface area contributed by atoms with Gasteiger partial charge < -0.3 is 5.11 Å². The molecule has 0 aliphatic carbocycles. The first-order chi connectivity index (χ1) is 5.77. The van der Waals surface area contributed by atoms with Crippen molar-refractivity contribution in [2.24, 2.45) is 0 Å². The SMILES string of the molecule is CCn1cc(C#CCO)c(C)n1. The molecule has 1 heterocycles. The summed E-state index contributed by atoms with van der Waals surface area (Å²) in [6.45, 7) is 4.68. The van der Waals surface area contributed by atoms with Crippen molar-refractivity contribution in [2.75, 3.05) is 6.61 Å². The molecule has 3 nitrogen and oxygen atoms in total. The summed E-state index contributed by atoms with van der Waals surface area (Å²) in [4.78, 5) is 0. The molecule has 0 bridgehead atoms. The second kappa shape index (κ2) is 3.93. The Bertz CT molecular complexity index is 317. The predicted molar refractivity (Wildman–Crippen MR) is 46.6 cm³/mol. The minimum Gasteiger partial charge on any atom is -0.384 e. The van der Waals surface area contributed by atoms with E-state index < -0.39 is 0 Å². The molecule has 1 rings (SSSR count). The van der Waals surface area contributed by atoms with Gasteiger partial charge in [-0.15, -0.1) is 0 Å². The Labute approximate surface area is 72.0 Å². The van der Waals surface area contributed by atoms with E-state index in [2.05, 4.69) is 16.9 Å². The summed E-state index contributed by atoms with van der Waals surface area (Å²) in [5.74, 6) is 5.43. The number of hydrogen-bond acceptors (Lipinski definition) is 2. The third kappa shape index (κ3) is 1.86. The van der Waals surface area contributed by atoms with Crippen LogP contribution in [0.5, 0.6) is 0 Å². The van der Waals surface area contributed by atoms with Gasteiger partial charge in [0, 0.05) is 12.7 Å². The summed E-state index contributed by atoms with van der Waals surface area (Å²) in [6.07, 6.45) is 1.89. The lowest BCUT2D eigenvalue weighted by molar-refractivity contribution is 0.350. The van der Waals surface area contributed by atoms with Crippen LogP contribution in [-0.2, 0) is 6.54 Å². The van der Waals surface area contributed by atoms with Crippen LogP contribution in [0, 0.1) is 18.8 Å². The lowest BCUT2D eigenvalue weighted by atomic mass is 10.3. The van der Waals surface area contributed by atoms with Gasteiger partial charge >= 0.3 is 0 Å². The van der Waals surface area contributed by atoms with Crippen molar-refractivity contribution < 1.29 is 5.11 Å². The van der Waals surface area contributed by atoms with E-state index in [-0.39, 0.29) is 6.61 Å². The standard InChI is InChI=1S/C9H12N2O/c1-3-11-7-9(5-4-6-12)8(2)10-11/h7,12H,3,6H2,1-2H3. The molecular formula is C9H12N2O. The van der Waals surface area contributed by atoms with E-state index in [1.807, 2.05) is 24.7 Å². The van der Waals surface area contributed by atoms with E-state index in [1.165, 1.54) is 0 Å². The molecule has 0 amide bonds. The van der Waals surface area contributed by atoms with Crippen LogP contribution in [0.4, 0.5) is 0 Å². The summed E-state index contributed by atoms with van der Waals surface area (Å²) in [5.41, 5.74) is 1.81. The van der Waals surface area contributed by atoms with E-state index in [9.17, 15) is 0 Å². The molecule has 0 unspecified atom stereocenters. The molecule has 64 valence electrons. The van der Waals surface area contributed by atoms with Crippen LogP contribution >= 0.6 is 0 Å². The lowest BCUT2D eigenvalue weighted by Crippen LogP contribution is -1.93. The second-order valence-corrected chi connectivity index (χ2v) is 2.44. The fourth-order valence-electron chi connectivity index (χ4n) is 0.937. The van der Waals surface area contributed by atoms with Crippen molar-refractivity contribution in [2.45, 2.75) is 20.4 Å². The monoisotopic (exact) mass is 164 g/mol. The number of rotatable bonds is 1. The van der Waals surface area contributed by atoms with Crippen LogP contribution in [0.15, 0.2) is 6.20 Å². The molecule has 0 radical (unpaired) electrons. The molecule has 1 aromatic heterocycles. The molecule has 0 saturated heterocycles. The van der Waals surface area contributed by atoms with Crippen molar-refractivity contribution in [3.05, 3.63) is 17.5 Å². The van der Waals surface area contributed by atoms with Crippen molar-refractivity contribution in [1.29, 1.82) is 0 Å². The van der Waals surface area contributed by atoms with Crippen LogP contribution in [0.3, 0.4) is 0 Å². The summed E-state index contributed by atoms with van der Waals surface area (Å²) < 4.78 is 1.83. The fraction of sp³-hybridized carbons (Fsp3) is 0.444. The van der Waals surface area contributed by atoms with E-state index in [0.717, 1.165) is 17.8 Å². The first-order valence-electron chi connectivity index (χ1n) is 3.91. The highest BCUT2D eigenvalue weighted by Gasteiger charge is 1.98. The Morgan fingerprint density at radius 2 is 2.42 bits per heavy atom. The molecule has 1 aromatic rings. The van der Waals surface area contributed by atoms with Gasteiger partial charge in [0.1, 0.15) is 6.61 Å². The topological polar surface area (TPSA) is 38.0 Å². The van der Waals surface area contributed by atoms with Crippen LogP contribution in [0.2, 0.25) is 0 Å². The highest BCUT2D eigenvalue weighted by molar-refractivity contribution is 5.35. The maximum Gasteiger partial charge on any atom is 0.104 e. The van der Waals surface area contributed by atoms with Gasteiger partial charge in [-0.25, -0.2) is 0 Å². The number of nitrogens with zero attached hydrogens (tertiary/aromatic N) is 2. The average Bonchev–Trinajstić information content (AvgIpc) is 2.43. The molecule has 0 atom stereocenters. The zero-order chi connectivity index (χ0) is 8.97. The van der Waals surface area contributed by atoms with E-state index in [1.54, 1.807) is 0 Å². The molecule has 0 aromatic carbocycles. The highest BCUT2D eigenvalue weighted by Crippen LogP contribution is 2.02. The van der Waals surface area contributed by atoms with Gasteiger partial charge in [0.15, 0.2) is 0 Å². The Balaban J connectivity index is 2.92. The summed E-state index contributed by atoms with van der Waals surface area (Å²) in [7, 11) is 0. The van der Waals surface area contributed by atoms with Crippen molar-refractivity contribution in [3.63, 3.8) is 0 Å².